The van der Waals surface area contributed by atoms with Crippen molar-refractivity contribution in [1.29, 1.82) is 0 Å². The van der Waals surface area contributed by atoms with Gasteiger partial charge in [-0.2, -0.15) is 0 Å². The van der Waals surface area contributed by atoms with E-state index in [-0.39, 0.29) is 16.7 Å². The van der Waals surface area contributed by atoms with E-state index in [0.717, 1.165) is 12.8 Å². The molecule has 1 aliphatic rings. The van der Waals surface area contributed by atoms with Crippen LogP contribution in [0, 0.1) is 11.8 Å². The lowest BCUT2D eigenvalue weighted by molar-refractivity contribution is 0.227. The SMILES string of the molecule is CC1CCCC(NS(=O)(=O)c2ccc(O)cc2)C1C. The molecule has 2 N–H and O–H groups in total. The third-order valence-corrected chi connectivity index (χ3v) is 5.67. The summed E-state index contributed by atoms with van der Waals surface area (Å²) in [6.45, 7) is 4.28. The molecule has 0 aliphatic heterocycles. The van der Waals surface area contributed by atoms with E-state index in [1.54, 1.807) is 0 Å². The van der Waals surface area contributed by atoms with Crippen molar-refractivity contribution in [2.24, 2.45) is 11.8 Å². The normalized spacial score (nSPS) is 28.2. The number of benzene rings is 1. The summed E-state index contributed by atoms with van der Waals surface area (Å²) in [6, 6.07) is 5.63. The summed E-state index contributed by atoms with van der Waals surface area (Å²) in [5.41, 5.74) is 0. The largest absolute Gasteiger partial charge is 0.508 e. The van der Waals surface area contributed by atoms with Gasteiger partial charge in [-0.1, -0.05) is 26.7 Å². The fraction of sp³-hybridized carbons (Fsp3) is 0.571. The highest BCUT2D eigenvalue weighted by Crippen LogP contribution is 2.30. The van der Waals surface area contributed by atoms with Crippen LogP contribution < -0.4 is 4.72 Å². The van der Waals surface area contributed by atoms with E-state index in [1.807, 2.05) is 0 Å². The number of hydrogen-bond donors (Lipinski definition) is 2. The first-order chi connectivity index (χ1) is 8.90. The minimum absolute atomic E-state index is 0.00236. The van der Waals surface area contributed by atoms with Crippen LogP contribution >= 0.6 is 0 Å². The molecule has 1 fully saturated rings. The van der Waals surface area contributed by atoms with Crippen molar-refractivity contribution >= 4 is 10.0 Å². The van der Waals surface area contributed by atoms with Crippen LogP contribution in [0.5, 0.6) is 5.75 Å². The highest BCUT2D eigenvalue weighted by atomic mass is 32.2. The van der Waals surface area contributed by atoms with Gasteiger partial charge in [0.25, 0.3) is 0 Å². The highest BCUT2D eigenvalue weighted by molar-refractivity contribution is 7.89. The number of hydrogen-bond acceptors (Lipinski definition) is 3. The fourth-order valence-electron chi connectivity index (χ4n) is 2.64. The van der Waals surface area contributed by atoms with E-state index in [1.165, 1.54) is 30.7 Å². The van der Waals surface area contributed by atoms with Crippen molar-refractivity contribution in [2.45, 2.75) is 44.0 Å². The third-order valence-electron chi connectivity index (χ3n) is 4.16. The first-order valence-electron chi connectivity index (χ1n) is 6.71. The molecule has 19 heavy (non-hydrogen) atoms. The Hall–Kier alpha value is -1.07. The number of aromatic hydroxyl groups is 1. The van der Waals surface area contributed by atoms with Gasteiger partial charge in [-0.3, -0.25) is 0 Å². The summed E-state index contributed by atoms with van der Waals surface area (Å²) >= 11 is 0. The van der Waals surface area contributed by atoms with Gasteiger partial charge >= 0.3 is 0 Å². The van der Waals surface area contributed by atoms with Gasteiger partial charge in [0.2, 0.25) is 10.0 Å². The van der Waals surface area contributed by atoms with Crippen LogP contribution in [0.3, 0.4) is 0 Å². The molecule has 1 saturated carbocycles. The molecule has 3 unspecified atom stereocenters. The lowest BCUT2D eigenvalue weighted by Gasteiger charge is -2.34. The zero-order chi connectivity index (χ0) is 14.0. The van der Waals surface area contributed by atoms with Crippen molar-refractivity contribution in [3.05, 3.63) is 24.3 Å². The molecular formula is C14H21NO3S. The van der Waals surface area contributed by atoms with Crippen molar-refractivity contribution < 1.29 is 13.5 Å². The summed E-state index contributed by atoms with van der Waals surface area (Å²) in [4.78, 5) is 0.204. The van der Waals surface area contributed by atoms with Crippen LogP contribution in [-0.2, 0) is 10.0 Å². The zero-order valence-corrected chi connectivity index (χ0v) is 12.2. The second kappa shape index (κ2) is 5.51. The zero-order valence-electron chi connectivity index (χ0n) is 11.3. The molecule has 0 bridgehead atoms. The summed E-state index contributed by atoms with van der Waals surface area (Å²) in [5, 5.41) is 9.21. The molecule has 0 radical (unpaired) electrons. The van der Waals surface area contributed by atoms with Gasteiger partial charge in [-0.25, -0.2) is 13.1 Å². The Balaban J connectivity index is 2.15. The monoisotopic (exact) mass is 283 g/mol. The van der Waals surface area contributed by atoms with Crippen molar-refractivity contribution in [3.8, 4) is 5.75 Å². The molecule has 0 heterocycles. The lowest BCUT2D eigenvalue weighted by atomic mass is 9.78. The van der Waals surface area contributed by atoms with Crippen molar-refractivity contribution in [2.75, 3.05) is 0 Å². The lowest BCUT2D eigenvalue weighted by Crippen LogP contribution is -2.43. The molecule has 5 heteroatoms. The van der Waals surface area contributed by atoms with Crippen molar-refractivity contribution in [3.63, 3.8) is 0 Å². The Bertz CT molecular complexity index is 524. The quantitative estimate of drug-likeness (QED) is 0.895. The molecular weight excluding hydrogens is 262 g/mol. The minimum Gasteiger partial charge on any atom is -0.508 e. The van der Waals surface area contributed by atoms with Crippen LogP contribution in [0.4, 0.5) is 0 Å². The third kappa shape index (κ3) is 3.28. The maximum atomic E-state index is 12.3. The van der Waals surface area contributed by atoms with Gasteiger partial charge < -0.3 is 5.11 Å². The van der Waals surface area contributed by atoms with Crippen molar-refractivity contribution in [1.82, 2.24) is 4.72 Å². The molecule has 1 aromatic carbocycles. The molecule has 1 aliphatic carbocycles. The van der Waals surface area contributed by atoms with Crippen LogP contribution in [0.1, 0.15) is 33.1 Å². The van der Waals surface area contributed by atoms with E-state index in [0.29, 0.717) is 11.8 Å². The van der Waals surface area contributed by atoms with Gasteiger partial charge in [0, 0.05) is 6.04 Å². The van der Waals surface area contributed by atoms with Gasteiger partial charge in [-0.05, 0) is 42.5 Å². The maximum absolute atomic E-state index is 12.3. The van der Waals surface area contributed by atoms with E-state index < -0.39 is 10.0 Å². The van der Waals surface area contributed by atoms with Crippen LogP contribution in [0.25, 0.3) is 0 Å². The standard InChI is InChI=1S/C14H21NO3S/c1-10-4-3-5-14(11(10)2)15-19(17,18)13-8-6-12(16)7-9-13/h6-11,14-16H,3-5H2,1-2H3. The number of phenols is 1. The Morgan fingerprint density at radius 1 is 1.16 bits per heavy atom. The minimum atomic E-state index is -3.49. The second-order valence-corrected chi connectivity index (χ2v) is 7.20. The smallest absolute Gasteiger partial charge is 0.240 e. The van der Waals surface area contributed by atoms with Gasteiger partial charge in [-0.15, -0.1) is 0 Å². The highest BCUT2D eigenvalue weighted by Gasteiger charge is 2.30. The van der Waals surface area contributed by atoms with Gasteiger partial charge in [0.1, 0.15) is 5.75 Å². The van der Waals surface area contributed by atoms with E-state index in [4.69, 9.17) is 0 Å². The van der Waals surface area contributed by atoms with E-state index in [9.17, 15) is 13.5 Å². The molecule has 2 rings (SSSR count). The predicted octanol–water partition coefficient (Wildman–Crippen LogP) is 2.50. The second-order valence-electron chi connectivity index (χ2n) is 5.49. The average molecular weight is 283 g/mol. The Labute approximate surface area is 114 Å². The van der Waals surface area contributed by atoms with Gasteiger partial charge in [0.05, 0.1) is 4.90 Å². The van der Waals surface area contributed by atoms with Crippen LogP contribution in [0.2, 0.25) is 0 Å². The molecule has 106 valence electrons. The molecule has 0 spiro atoms. The molecule has 0 amide bonds. The summed E-state index contributed by atoms with van der Waals surface area (Å²) < 4.78 is 27.3. The summed E-state index contributed by atoms with van der Waals surface area (Å²) in [6.07, 6.45) is 3.12. The summed E-state index contributed by atoms with van der Waals surface area (Å²) in [5.74, 6) is 0.959. The number of sulfonamides is 1. The van der Waals surface area contributed by atoms with Crippen LogP contribution in [0.15, 0.2) is 29.2 Å². The van der Waals surface area contributed by atoms with Crippen LogP contribution in [-0.4, -0.2) is 19.6 Å². The number of nitrogens with one attached hydrogen (secondary N) is 1. The fourth-order valence-corrected chi connectivity index (χ4v) is 4.00. The first kappa shape index (κ1) is 14.3. The molecule has 0 saturated heterocycles. The number of rotatable bonds is 3. The van der Waals surface area contributed by atoms with E-state index >= 15 is 0 Å². The molecule has 3 atom stereocenters. The Morgan fingerprint density at radius 3 is 2.42 bits per heavy atom. The average Bonchev–Trinajstić information content (AvgIpc) is 2.35. The predicted molar refractivity (Wildman–Crippen MR) is 74.4 cm³/mol. The van der Waals surface area contributed by atoms with Gasteiger partial charge in [0.15, 0.2) is 0 Å². The number of phenolic OH excluding ortho intramolecular Hbond substituents is 1. The summed E-state index contributed by atoms with van der Waals surface area (Å²) in [7, 11) is -3.49. The maximum Gasteiger partial charge on any atom is 0.240 e. The Morgan fingerprint density at radius 2 is 1.79 bits per heavy atom. The topological polar surface area (TPSA) is 66.4 Å². The van der Waals surface area contributed by atoms with E-state index in [2.05, 4.69) is 18.6 Å². The molecule has 4 nitrogen and oxygen atoms in total. The molecule has 0 aromatic heterocycles. The first-order valence-corrected chi connectivity index (χ1v) is 8.20. The molecule has 1 aromatic rings. The Kier molecular flexibility index (Phi) is 4.16.